The van der Waals surface area contributed by atoms with Gasteiger partial charge in [-0.3, -0.25) is 0 Å². The van der Waals surface area contributed by atoms with Gasteiger partial charge >= 0.3 is 0 Å². The molecule has 0 atom stereocenters. The Morgan fingerprint density at radius 1 is 1.22 bits per heavy atom. The van der Waals surface area contributed by atoms with Crippen LogP contribution >= 0.6 is 0 Å². The highest BCUT2D eigenvalue weighted by molar-refractivity contribution is 7.89. The molecule has 0 aliphatic rings. The zero-order valence-corrected chi connectivity index (χ0v) is 10.6. The summed E-state index contributed by atoms with van der Waals surface area (Å²) < 4.78 is 40.8. The van der Waals surface area contributed by atoms with Gasteiger partial charge < -0.3 is 4.57 Å². The van der Waals surface area contributed by atoms with Gasteiger partial charge in [-0.05, 0) is 36.4 Å². The molecule has 0 saturated carbocycles. The molecular formula is C12H13FN2O2S. The lowest BCUT2D eigenvalue weighted by Gasteiger charge is -2.07. The molecule has 2 rings (SSSR count). The van der Waals surface area contributed by atoms with Gasteiger partial charge in [0.1, 0.15) is 5.82 Å². The van der Waals surface area contributed by atoms with Crippen LogP contribution in [0.3, 0.4) is 0 Å². The lowest BCUT2D eigenvalue weighted by molar-refractivity contribution is 0.578. The van der Waals surface area contributed by atoms with Crippen molar-refractivity contribution in [1.82, 2.24) is 9.29 Å². The summed E-state index contributed by atoms with van der Waals surface area (Å²) in [5.41, 5.74) is 0.848. The van der Waals surface area contributed by atoms with Gasteiger partial charge in [0.15, 0.2) is 0 Å². The first-order valence-corrected chi connectivity index (χ1v) is 6.83. The monoisotopic (exact) mass is 268 g/mol. The third-order valence-electron chi connectivity index (χ3n) is 2.62. The molecule has 1 heterocycles. The van der Waals surface area contributed by atoms with Crippen molar-refractivity contribution in [3.63, 3.8) is 0 Å². The molecule has 1 aromatic heterocycles. The Kier molecular flexibility index (Phi) is 3.49. The molecular weight excluding hydrogens is 255 g/mol. The second-order valence-corrected chi connectivity index (χ2v) is 5.66. The summed E-state index contributed by atoms with van der Waals surface area (Å²) in [4.78, 5) is 0.0538. The molecule has 18 heavy (non-hydrogen) atoms. The predicted molar refractivity (Wildman–Crippen MR) is 65.8 cm³/mol. The van der Waals surface area contributed by atoms with Crippen molar-refractivity contribution in [2.75, 3.05) is 0 Å². The van der Waals surface area contributed by atoms with E-state index < -0.39 is 15.8 Å². The topological polar surface area (TPSA) is 51.1 Å². The second-order valence-electron chi connectivity index (χ2n) is 3.89. The number of halogens is 1. The van der Waals surface area contributed by atoms with E-state index in [1.807, 2.05) is 29.9 Å². The van der Waals surface area contributed by atoms with Crippen molar-refractivity contribution in [3.05, 3.63) is 54.1 Å². The van der Waals surface area contributed by atoms with Gasteiger partial charge in [-0.1, -0.05) is 0 Å². The van der Waals surface area contributed by atoms with Crippen LogP contribution in [0.25, 0.3) is 0 Å². The van der Waals surface area contributed by atoms with E-state index in [1.54, 1.807) is 0 Å². The Balaban J connectivity index is 2.13. The standard InChI is InChI=1S/C12H13FN2O2S/c1-15-8-2-3-11(15)9-14-18(16,17)12-6-4-10(13)5-7-12/h2-8,14H,9H2,1H3. The highest BCUT2D eigenvalue weighted by atomic mass is 32.2. The molecule has 0 fully saturated rings. The first-order chi connectivity index (χ1) is 8.49. The molecule has 1 aromatic carbocycles. The van der Waals surface area contributed by atoms with E-state index in [1.165, 1.54) is 12.1 Å². The smallest absolute Gasteiger partial charge is 0.240 e. The molecule has 1 N–H and O–H groups in total. The number of sulfonamides is 1. The van der Waals surface area contributed by atoms with E-state index in [0.717, 1.165) is 17.8 Å². The number of hydrogen-bond acceptors (Lipinski definition) is 2. The molecule has 0 bridgehead atoms. The van der Waals surface area contributed by atoms with E-state index in [2.05, 4.69) is 4.72 Å². The van der Waals surface area contributed by atoms with Crippen molar-refractivity contribution in [2.24, 2.45) is 7.05 Å². The van der Waals surface area contributed by atoms with Crippen LogP contribution in [0.1, 0.15) is 5.69 Å². The van der Waals surface area contributed by atoms with Gasteiger partial charge in [0.2, 0.25) is 10.0 Å². The first-order valence-electron chi connectivity index (χ1n) is 5.34. The second kappa shape index (κ2) is 4.91. The highest BCUT2D eigenvalue weighted by Crippen LogP contribution is 2.10. The summed E-state index contributed by atoms with van der Waals surface area (Å²) in [5.74, 6) is -0.462. The summed E-state index contributed by atoms with van der Waals surface area (Å²) in [6.45, 7) is 0.198. The fraction of sp³-hybridized carbons (Fsp3) is 0.167. The Morgan fingerprint density at radius 3 is 2.44 bits per heavy atom. The molecule has 0 aliphatic carbocycles. The van der Waals surface area contributed by atoms with Crippen molar-refractivity contribution >= 4 is 10.0 Å². The molecule has 2 aromatic rings. The average Bonchev–Trinajstić information content (AvgIpc) is 2.73. The van der Waals surface area contributed by atoms with Gasteiger partial charge in [-0.15, -0.1) is 0 Å². The third kappa shape index (κ3) is 2.77. The number of nitrogens with one attached hydrogen (secondary N) is 1. The minimum absolute atomic E-state index is 0.0538. The van der Waals surface area contributed by atoms with Crippen molar-refractivity contribution < 1.29 is 12.8 Å². The molecule has 0 saturated heterocycles. The van der Waals surface area contributed by atoms with Crippen LogP contribution in [0, 0.1) is 5.82 Å². The van der Waals surface area contributed by atoms with Crippen LogP contribution in [0.2, 0.25) is 0 Å². The van der Waals surface area contributed by atoms with Crippen LogP contribution < -0.4 is 4.72 Å². The fourth-order valence-electron chi connectivity index (χ4n) is 1.55. The van der Waals surface area contributed by atoms with Gasteiger partial charge in [0.05, 0.1) is 11.4 Å². The van der Waals surface area contributed by atoms with E-state index in [-0.39, 0.29) is 11.4 Å². The number of aromatic nitrogens is 1. The summed E-state index contributed by atoms with van der Waals surface area (Å²) in [5, 5.41) is 0. The Morgan fingerprint density at radius 2 is 1.89 bits per heavy atom. The van der Waals surface area contributed by atoms with E-state index in [9.17, 15) is 12.8 Å². The van der Waals surface area contributed by atoms with Gasteiger partial charge in [0, 0.05) is 18.9 Å². The SMILES string of the molecule is Cn1cccc1CNS(=O)(=O)c1ccc(F)cc1. The van der Waals surface area contributed by atoms with E-state index in [0.29, 0.717) is 0 Å². The Hall–Kier alpha value is -1.66. The highest BCUT2D eigenvalue weighted by Gasteiger charge is 2.13. The molecule has 6 heteroatoms. The van der Waals surface area contributed by atoms with Crippen LogP contribution in [0.4, 0.5) is 4.39 Å². The molecule has 0 spiro atoms. The van der Waals surface area contributed by atoms with Crippen molar-refractivity contribution in [1.29, 1.82) is 0 Å². The summed E-state index contributed by atoms with van der Waals surface area (Å²) in [6, 6.07) is 8.38. The summed E-state index contributed by atoms with van der Waals surface area (Å²) >= 11 is 0. The number of benzene rings is 1. The summed E-state index contributed by atoms with van der Waals surface area (Å²) in [6.07, 6.45) is 1.83. The zero-order chi connectivity index (χ0) is 13.2. The van der Waals surface area contributed by atoms with E-state index >= 15 is 0 Å². The maximum absolute atomic E-state index is 12.7. The van der Waals surface area contributed by atoms with Gasteiger partial charge in [-0.2, -0.15) is 0 Å². The van der Waals surface area contributed by atoms with E-state index in [4.69, 9.17) is 0 Å². The van der Waals surface area contributed by atoms with Crippen molar-refractivity contribution in [3.8, 4) is 0 Å². The number of rotatable bonds is 4. The normalized spacial score (nSPS) is 11.7. The number of nitrogens with zero attached hydrogens (tertiary/aromatic N) is 1. The predicted octanol–water partition coefficient (Wildman–Crippen LogP) is 1.64. The van der Waals surface area contributed by atoms with Crippen LogP contribution in [-0.2, 0) is 23.6 Å². The number of aryl methyl sites for hydroxylation is 1. The lowest BCUT2D eigenvalue weighted by atomic mass is 10.4. The van der Waals surface area contributed by atoms with Crippen LogP contribution in [-0.4, -0.2) is 13.0 Å². The Labute approximate surface area is 105 Å². The molecule has 0 aliphatic heterocycles. The number of hydrogen-bond donors (Lipinski definition) is 1. The first kappa shape index (κ1) is 12.8. The minimum atomic E-state index is -3.60. The molecule has 0 amide bonds. The van der Waals surface area contributed by atoms with Gasteiger partial charge in [0.25, 0.3) is 0 Å². The fourth-order valence-corrected chi connectivity index (χ4v) is 2.55. The van der Waals surface area contributed by atoms with Gasteiger partial charge in [-0.25, -0.2) is 17.5 Å². The molecule has 0 radical (unpaired) electrons. The molecule has 0 unspecified atom stereocenters. The molecule has 96 valence electrons. The maximum Gasteiger partial charge on any atom is 0.240 e. The van der Waals surface area contributed by atoms with Crippen LogP contribution in [0.15, 0.2) is 47.5 Å². The molecule has 4 nitrogen and oxygen atoms in total. The quantitative estimate of drug-likeness (QED) is 0.916. The average molecular weight is 268 g/mol. The minimum Gasteiger partial charge on any atom is -0.353 e. The third-order valence-corrected chi connectivity index (χ3v) is 4.04. The van der Waals surface area contributed by atoms with Crippen molar-refractivity contribution in [2.45, 2.75) is 11.4 Å². The largest absolute Gasteiger partial charge is 0.353 e. The zero-order valence-electron chi connectivity index (χ0n) is 9.80. The Bertz CT molecular complexity index is 632. The lowest BCUT2D eigenvalue weighted by Crippen LogP contribution is -2.24. The maximum atomic E-state index is 12.7. The van der Waals surface area contributed by atoms with Crippen LogP contribution in [0.5, 0.6) is 0 Å². The summed E-state index contributed by atoms with van der Waals surface area (Å²) in [7, 11) is -1.77.